The zero-order chi connectivity index (χ0) is 25.1. The summed E-state index contributed by atoms with van der Waals surface area (Å²) in [5.74, 6) is -0.828. The number of hydrogen-bond acceptors (Lipinski definition) is 6. The molecule has 8 nitrogen and oxygen atoms in total. The minimum atomic E-state index is -0.521. The van der Waals surface area contributed by atoms with E-state index in [0.717, 1.165) is 11.8 Å². The third kappa shape index (κ3) is 4.93. The minimum Gasteiger partial charge on any atom is -0.463 e. The number of fused-ring (bicyclic) bond motifs is 1. The molecule has 1 atom stereocenters. The molecule has 0 saturated heterocycles. The molecule has 0 fully saturated rings. The Labute approximate surface area is 205 Å². The summed E-state index contributed by atoms with van der Waals surface area (Å²) in [4.78, 5) is 43.0. The lowest BCUT2D eigenvalue weighted by Crippen LogP contribution is -2.50. The van der Waals surface area contributed by atoms with E-state index in [4.69, 9.17) is 4.74 Å². The third-order valence-corrected chi connectivity index (χ3v) is 6.62. The standard InChI is InChI=1S/C25H25FN4O4S/c1-4-18-21(23(32)34-5-2)20(28-24(33)27-18)13-35-25-29-19-9-7-6-8-16(19)22(31)30(25)15-11-10-14(3)17(26)12-15/h6-12,18H,4-5,13H2,1-3H3,(H2,27,28,33). The molecule has 0 spiro atoms. The van der Waals surface area contributed by atoms with Gasteiger partial charge in [-0.3, -0.25) is 9.36 Å². The molecule has 3 aromatic rings. The molecule has 0 saturated carbocycles. The van der Waals surface area contributed by atoms with Gasteiger partial charge in [0, 0.05) is 11.4 Å². The van der Waals surface area contributed by atoms with Gasteiger partial charge in [0.2, 0.25) is 0 Å². The lowest BCUT2D eigenvalue weighted by Gasteiger charge is -2.28. The molecule has 10 heteroatoms. The topological polar surface area (TPSA) is 102 Å². The number of amides is 2. The van der Waals surface area contributed by atoms with Crippen LogP contribution in [0.25, 0.3) is 16.6 Å². The fourth-order valence-corrected chi connectivity index (χ4v) is 4.85. The molecule has 0 bridgehead atoms. The van der Waals surface area contributed by atoms with E-state index in [9.17, 15) is 18.8 Å². The Morgan fingerprint density at radius 3 is 2.69 bits per heavy atom. The van der Waals surface area contributed by atoms with Crippen LogP contribution in [-0.4, -0.2) is 40.0 Å². The molecule has 2 heterocycles. The molecule has 1 unspecified atom stereocenters. The Hall–Kier alpha value is -3.66. The zero-order valence-corrected chi connectivity index (χ0v) is 20.4. The molecule has 1 aliphatic heterocycles. The van der Waals surface area contributed by atoms with Gasteiger partial charge in [-0.15, -0.1) is 0 Å². The predicted molar refractivity (Wildman–Crippen MR) is 132 cm³/mol. The maximum absolute atomic E-state index is 14.4. The van der Waals surface area contributed by atoms with Crippen LogP contribution in [-0.2, 0) is 9.53 Å². The van der Waals surface area contributed by atoms with Crippen molar-refractivity contribution < 1.29 is 18.7 Å². The normalized spacial score (nSPS) is 15.7. The van der Waals surface area contributed by atoms with Gasteiger partial charge in [0.05, 0.1) is 34.8 Å². The lowest BCUT2D eigenvalue weighted by atomic mass is 10.0. The number of nitrogens with one attached hydrogen (secondary N) is 2. The van der Waals surface area contributed by atoms with E-state index in [-0.39, 0.29) is 17.9 Å². The Morgan fingerprint density at radius 2 is 1.97 bits per heavy atom. The summed E-state index contributed by atoms with van der Waals surface area (Å²) in [6.45, 7) is 5.40. The number of hydrogen-bond donors (Lipinski definition) is 2. The number of carbonyl (C=O) groups excluding carboxylic acids is 2. The molecule has 2 aromatic carbocycles. The van der Waals surface area contributed by atoms with Gasteiger partial charge in [-0.1, -0.05) is 36.9 Å². The molecule has 2 amide bonds. The molecule has 0 aliphatic carbocycles. The van der Waals surface area contributed by atoms with E-state index in [0.29, 0.717) is 45.0 Å². The second kappa shape index (κ2) is 10.3. The molecule has 35 heavy (non-hydrogen) atoms. The molecule has 4 rings (SSSR count). The fraction of sp³-hybridized carbons (Fsp3) is 0.280. The highest BCUT2D eigenvalue weighted by Gasteiger charge is 2.31. The van der Waals surface area contributed by atoms with Crippen molar-refractivity contribution in [2.75, 3.05) is 12.4 Å². The van der Waals surface area contributed by atoms with Crippen LogP contribution in [0, 0.1) is 12.7 Å². The number of halogens is 1. The van der Waals surface area contributed by atoms with Crippen LogP contribution < -0.4 is 16.2 Å². The Kier molecular flexibility index (Phi) is 7.20. The van der Waals surface area contributed by atoms with Crippen LogP contribution in [0.5, 0.6) is 0 Å². The van der Waals surface area contributed by atoms with E-state index in [1.165, 1.54) is 10.6 Å². The SMILES string of the molecule is CCOC(=O)C1=C(CSc2nc3ccccc3c(=O)n2-c2ccc(C)c(F)c2)NC(=O)NC1CC. The quantitative estimate of drug-likeness (QED) is 0.293. The van der Waals surface area contributed by atoms with E-state index < -0.39 is 23.9 Å². The monoisotopic (exact) mass is 496 g/mol. The number of rotatable bonds is 7. The van der Waals surface area contributed by atoms with Gasteiger partial charge in [0.15, 0.2) is 5.16 Å². The van der Waals surface area contributed by atoms with Gasteiger partial charge in [-0.2, -0.15) is 0 Å². The average Bonchev–Trinajstić information content (AvgIpc) is 2.84. The molecule has 1 aromatic heterocycles. The van der Waals surface area contributed by atoms with E-state index in [1.54, 1.807) is 50.2 Å². The number of thioether (sulfide) groups is 1. The first-order valence-electron chi connectivity index (χ1n) is 11.2. The number of carbonyl (C=O) groups is 2. The van der Waals surface area contributed by atoms with Gasteiger partial charge in [-0.05, 0) is 50.1 Å². The van der Waals surface area contributed by atoms with Crippen molar-refractivity contribution in [3.63, 3.8) is 0 Å². The number of nitrogens with zero attached hydrogens (tertiary/aromatic N) is 2. The molecular formula is C25H25FN4O4S. The first-order chi connectivity index (χ1) is 16.8. The summed E-state index contributed by atoms with van der Waals surface area (Å²) in [6.07, 6.45) is 0.497. The van der Waals surface area contributed by atoms with Crippen LogP contribution >= 0.6 is 11.8 Å². The van der Waals surface area contributed by atoms with Crippen LogP contribution in [0.2, 0.25) is 0 Å². The largest absolute Gasteiger partial charge is 0.463 e. The van der Waals surface area contributed by atoms with Gasteiger partial charge >= 0.3 is 12.0 Å². The molecule has 0 radical (unpaired) electrons. The number of para-hydroxylation sites is 1. The highest BCUT2D eigenvalue weighted by molar-refractivity contribution is 7.99. The fourth-order valence-electron chi connectivity index (χ4n) is 3.87. The molecular weight excluding hydrogens is 471 g/mol. The smallest absolute Gasteiger partial charge is 0.337 e. The highest BCUT2D eigenvalue weighted by atomic mass is 32.2. The van der Waals surface area contributed by atoms with Crippen LogP contribution in [0.3, 0.4) is 0 Å². The summed E-state index contributed by atoms with van der Waals surface area (Å²) < 4.78 is 21.0. The second-order valence-corrected chi connectivity index (χ2v) is 8.89. The van der Waals surface area contributed by atoms with Crippen molar-refractivity contribution in [3.05, 3.63) is 75.5 Å². The summed E-state index contributed by atoms with van der Waals surface area (Å²) in [5.41, 5.74) is 1.65. The van der Waals surface area contributed by atoms with Gasteiger partial charge in [0.1, 0.15) is 5.82 Å². The second-order valence-electron chi connectivity index (χ2n) is 7.95. The van der Waals surface area contributed by atoms with Crippen molar-refractivity contribution in [3.8, 4) is 5.69 Å². The maximum Gasteiger partial charge on any atom is 0.337 e. The summed E-state index contributed by atoms with van der Waals surface area (Å²) in [6, 6.07) is 10.5. The van der Waals surface area contributed by atoms with Crippen molar-refractivity contribution >= 4 is 34.7 Å². The Balaban J connectivity index is 1.82. The average molecular weight is 497 g/mol. The first kappa shape index (κ1) is 24.5. The van der Waals surface area contributed by atoms with Gasteiger partial charge in [-0.25, -0.2) is 19.0 Å². The zero-order valence-electron chi connectivity index (χ0n) is 19.6. The van der Waals surface area contributed by atoms with Crippen molar-refractivity contribution in [1.29, 1.82) is 0 Å². The van der Waals surface area contributed by atoms with E-state index in [2.05, 4.69) is 15.6 Å². The van der Waals surface area contributed by atoms with Crippen molar-refractivity contribution in [2.24, 2.45) is 0 Å². The van der Waals surface area contributed by atoms with Gasteiger partial charge in [0.25, 0.3) is 5.56 Å². The first-order valence-corrected chi connectivity index (χ1v) is 12.2. The third-order valence-electron chi connectivity index (χ3n) is 5.65. The van der Waals surface area contributed by atoms with Gasteiger partial charge < -0.3 is 15.4 Å². The van der Waals surface area contributed by atoms with E-state index >= 15 is 0 Å². The van der Waals surface area contributed by atoms with Crippen LogP contribution in [0.1, 0.15) is 25.8 Å². The number of benzene rings is 2. The van der Waals surface area contributed by atoms with Crippen molar-refractivity contribution in [2.45, 2.75) is 38.4 Å². The predicted octanol–water partition coefficient (Wildman–Crippen LogP) is 3.83. The molecule has 182 valence electrons. The van der Waals surface area contributed by atoms with Crippen LogP contribution in [0.15, 0.2) is 63.7 Å². The summed E-state index contributed by atoms with van der Waals surface area (Å²) >= 11 is 1.16. The Morgan fingerprint density at radius 1 is 1.20 bits per heavy atom. The number of ether oxygens (including phenoxy) is 1. The maximum atomic E-state index is 14.4. The highest BCUT2D eigenvalue weighted by Crippen LogP contribution is 2.26. The minimum absolute atomic E-state index is 0.136. The lowest BCUT2D eigenvalue weighted by molar-refractivity contribution is -0.139. The Bertz CT molecular complexity index is 1400. The van der Waals surface area contributed by atoms with Crippen molar-refractivity contribution in [1.82, 2.24) is 20.2 Å². The number of urea groups is 1. The van der Waals surface area contributed by atoms with Crippen LogP contribution in [0.4, 0.5) is 9.18 Å². The molecule has 1 aliphatic rings. The molecule has 2 N–H and O–H groups in total. The summed E-state index contributed by atoms with van der Waals surface area (Å²) in [5, 5.41) is 6.13. The number of aryl methyl sites for hydroxylation is 1. The van der Waals surface area contributed by atoms with E-state index in [1.807, 2.05) is 6.92 Å². The summed E-state index contributed by atoms with van der Waals surface area (Å²) in [7, 11) is 0. The number of aromatic nitrogens is 2. The number of esters is 1.